The van der Waals surface area contributed by atoms with Crippen molar-refractivity contribution in [3.05, 3.63) is 64.7 Å². The summed E-state index contributed by atoms with van der Waals surface area (Å²) in [7, 11) is -2.10. The number of hydrogen-bond donors (Lipinski definition) is 1. The van der Waals surface area contributed by atoms with Crippen molar-refractivity contribution in [1.29, 1.82) is 0 Å². The smallest absolute Gasteiger partial charge is 0.243 e. The fraction of sp³-hybridized carbons (Fsp3) is 0.200. The van der Waals surface area contributed by atoms with Crippen molar-refractivity contribution < 1.29 is 13.5 Å². The molecule has 0 aliphatic carbocycles. The van der Waals surface area contributed by atoms with Crippen LogP contribution in [0, 0.1) is 0 Å². The van der Waals surface area contributed by atoms with Gasteiger partial charge in [0.2, 0.25) is 10.0 Å². The molecule has 0 saturated carbocycles. The Balaban J connectivity index is 2.29. The second-order valence-electron chi connectivity index (χ2n) is 4.66. The number of sulfonamides is 1. The summed E-state index contributed by atoms with van der Waals surface area (Å²) in [6.07, 6.45) is 0. The highest BCUT2D eigenvalue weighted by Gasteiger charge is 2.21. The SMILES string of the molecule is CN(Cc1ccccc1)S(=O)(=O)c1ccc(Cl)c(CO)c1. The molecule has 2 aromatic rings. The lowest BCUT2D eigenvalue weighted by molar-refractivity contribution is 0.281. The Morgan fingerprint density at radius 2 is 1.81 bits per heavy atom. The van der Waals surface area contributed by atoms with E-state index in [0.29, 0.717) is 10.6 Å². The van der Waals surface area contributed by atoms with Crippen LogP contribution in [0.3, 0.4) is 0 Å². The average molecular weight is 326 g/mol. The summed E-state index contributed by atoms with van der Waals surface area (Å²) >= 11 is 5.89. The molecule has 6 heteroatoms. The molecule has 0 aliphatic rings. The van der Waals surface area contributed by atoms with E-state index in [0.717, 1.165) is 5.56 Å². The molecule has 112 valence electrons. The highest BCUT2D eigenvalue weighted by atomic mass is 35.5. The molecular weight excluding hydrogens is 310 g/mol. The van der Waals surface area contributed by atoms with Crippen molar-refractivity contribution >= 4 is 21.6 Å². The van der Waals surface area contributed by atoms with Gasteiger partial charge in [0, 0.05) is 18.6 Å². The fourth-order valence-electron chi connectivity index (χ4n) is 1.94. The molecule has 1 N–H and O–H groups in total. The molecule has 0 heterocycles. The first kappa shape index (κ1) is 16.0. The van der Waals surface area contributed by atoms with E-state index in [2.05, 4.69) is 0 Å². The van der Waals surface area contributed by atoms with Gasteiger partial charge in [0.15, 0.2) is 0 Å². The van der Waals surface area contributed by atoms with Crippen LogP contribution >= 0.6 is 11.6 Å². The van der Waals surface area contributed by atoms with Gasteiger partial charge in [0.05, 0.1) is 11.5 Å². The van der Waals surface area contributed by atoms with E-state index in [-0.39, 0.29) is 18.0 Å². The number of halogens is 1. The normalized spacial score (nSPS) is 11.8. The van der Waals surface area contributed by atoms with E-state index in [1.54, 1.807) is 0 Å². The van der Waals surface area contributed by atoms with Crippen molar-refractivity contribution in [2.75, 3.05) is 7.05 Å². The third-order valence-corrected chi connectivity index (χ3v) is 5.31. The molecule has 0 unspecified atom stereocenters. The molecule has 0 radical (unpaired) electrons. The monoisotopic (exact) mass is 325 g/mol. The van der Waals surface area contributed by atoms with Crippen molar-refractivity contribution in [2.45, 2.75) is 18.0 Å². The van der Waals surface area contributed by atoms with E-state index < -0.39 is 10.0 Å². The summed E-state index contributed by atoms with van der Waals surface area (Å²) in [5.74, 6) is 0. The molecule has 4 nitrogen and oxygen atoms in total. The Labute approximate surface area is 129 Å². The molecular formula is C15H16ClNO3S. The van der Waals surface area contributed by atoms with Crippen molar-refractivity contribution in [3.8, 4) is 0 Å². The molecule has 0 spiro atoms. The summed E-state index contributed by atoms with van der Waals surface area (Å²) < 4.78 is 26.3. The van der Waals surface area contributed by atoms with E-state index in [1.807, 2.05) is 30.3 Å². The van der Waals surface area contributed by atoms with Gasteiger partial charge < -0.3 is 5.11 Å². The molecule has 21 heavy (non-hydrogen) atoms. The summed E-state index contributed by atoms with van der Waals surface area (Å²) in [4.78, 5) is 0.120. The van der Waals surface area contributed by atoms with E-state index >= 15 is 0 Å². The van der Waals surface area contributed by atoms with Crippen LogP contribution in [-0.4, -0.2) is 24.9 Å². The van der Waals surface area contributed by atoms with Gasteiger partial charge in [-0.1, -0.05) is 41.9 Å². The maximum Gasteiger partial charge on any atom is 0.243 e. The highest BCUT2D eigenvalue weighted by molar-refractivity contribution is 7.89. The van der Waals surface area contributed by atoms with Crippen molar-refractivity contribution in [2.24, 2.45) is 0 Å². The predicted molar refractivity (Wildman–Crippen MR) is 82.5 cm³/mol. The van der Waals surface area contributed by atoms with Gasteiger partial charge in [-0.2, -0.15) is 4.31 Å². The Morgan fingerprint density at radius 1 is 1.14 bits per heavy atom. The van der Waals surface area contributed by atoms with Crippen LogP contribution in [0.1, 0.15) is 11.1 Å². The lowest BCUT2D eigenvalue weighted by Crippen LogP contribution is -2.26. The van der Waals surface area contributed by atoms with E-state index in [4.69, 9.17) is 11.6 Å². The van der Waals surface area contributed by atoms with Gasteiger partial charge in [-0.15, -0.1) is 0 Å². The van der Waals surface area contributed by atoms with Crippen molar-refractivity contribution in [3.63, 3.8) is 0 Å². The summed E-state index contributed by atoms with van der Waals surface area (Å²) in [6.45, 7) is -0.0230. The minimum Gasteiger partial charge on any atom is -0.392 e. The number of aliphatic hydroxyl groups is 1. The Bertz CT molecular complexity index is 717. The van der Waals surface area contributed by atoms with E-state index in [1.165, 1.54) is 29.6 Å². The zero-order valence-corrected chi connectivity index (χ0v) is 13.1. The molecule has 2 aromatic carbocycles. The molecule has 0 bridgehead atoms. The Hall–Kier alpha value is -1.40. The second kappa shape index (κ2) is 6.58. The maximum atomic E-state index is 12.5. The largest absolute Gasteiger partial charge is 0.392 e. The Kier molecular flexibility index (Phi) is 5.00. The highest BCUT2D eigenvalue weighted by Crippen LogP contribution is 2.23. The lowest BCUT2D eigenvalue weighted by atomic mass is 10.2. The first-order valence-corrected chi connectivity index (χ1v) is 8.16. The van der Waals surface area contributed by atoms with Gasteiger partial charge >= 0.3 is 0 Å². The van der Waals surface area contributed by atoms with Gasteiger partial charge in [0.1, 0.15) is 0 Å². The standard InChI is InChI=1S/C15H16ClNO3S/c1-17(10-12-5-3-2-4-6-12)21(19,20)14-7-8-15(16)13(9-14)11-18/h2-9,18H,10-11H2,1H3. The van der Waals surface area contributed by atoms with Crippen LogP contribution in [0.25, 0.3) is 0 Å². The van der Waals surface area contributed by atoms with Crippen LogP contribution in [0.15, 0.2) is 53.4 Å². The van der Waals surface area contributed by atoms with Crippen molar-refractivity contribution in [1.82, 2.24) is 4.31 Å². The fourth-order valence-corrected chi connectivity index (χ4v) is 3.33. The number of nitrogens with zero attached hydrogens (tertiary/aromatic N) is 1. The van der Waals surface area contributed by atoms with Crippen LogP contribution in [-0.2, 0) is 23.2 Å². The Morgan fingerprint density at radius 3 is 2.43 bits per heavy atom. The zero-order chi connectivity index (χ0) is 15.5. The minimum atomic E-state index is -3.62. The minimum absolute atomic E-state index is 0.120. The van der Waals surface area contributed by atoms with Gasteiger partial charge in [-0.05, 0) is 29.3 Å². The zero-order valence-electron chi connectivity index (χ0n) is 11.5. The van der Waals surface area contributed by atoms with Crippen LogP contribution in [0.2, 0.25) is 5.02 Å². The number of benzene rings is 2. The quantitative estimate of drug-likeness (QED) is 0.919. The summed E-state index contributed by atoms with van der Waals surface area (Å²) in [5, 5.41) is 9.54. The molecule has 2 rings (SSSR count). The lowest BCUT2D eigenvalue weighted by Gasteiger charge is -2.18. The topological polar surface area (TPSA) is 57.6 Å². The average Bonchev–Trinajstić information content (AvgIpc) is 2.48. The number of rotatable bonds is 5. The predicted octanol–water partition coefficient (Wildman–Crippen LogP) is 2.65. The van der Waals surface area contributed by atoms with Crippen LogP contribution in [0.5, 0.6) is 0 Å². The second-order valence-corrected chi connectivity index (χ2v) is 7.11. The molecule has 0 aromatic heterocycles. The van der Waals surface area contributed by atoms with Crippen LogP contribution in [0.4, 0.5) is 0 Å². The first-order valence-electron chi connectivity index (χ1n) is 6.34. The molecule has 0 amide bonds. The van der Waals surface area contributed by atoms with Gasteiger partial charge in [-0.3, -0.25) is 0 Å². The molecule has 0 atom stereocenters. The summed E-state index contributed by atoms with van der Waals surface area (Å²) in [5.41, 5.74) is 1.30. The van der Waals surface area contributed by atoms with E-state index in [9.17, 15) is 13.5 Å². The van der Waals surface area contributed by atoms with Gasteiger partial charge in [0.25, 0.3) is 0 Å². The van der Waals surface area contributed by atoms with Gasteiger partial charge in [-0.25, -0.2) is 8.42 Å². The number of aliphatic hydroxyl groups excluding tert-OH is 1. The third kappa shape index (κ3) is 3.63. The molecule has 0 aliphatic heterocycles. The van der Waals surface area contributed by atoms with Crippen LogP contribution < -0.4 is 0 Å². The first-order chi connectivity index (χ1) is 9.95. The molecule has 0 fully saturated rings. The summed E-state index contributed by atoms with van der Waals surface area (Å²) in [6, 6.07) is 13.7. The maximum absolute atomic E-state index is 12.5. The molecule has 0 saturated heterocycles. The number of hydrogen-bond acceptors (Lipinski definition) is 3. The third-order valence-electron chi connectivity index (χ3n) is 3.14.